The fourth-order valence-corrected chi connectivity index (χ4v) is 3.80. The zero-order valence-electron chi connectivity index (χ0n) is 16.1. The minimum absolute atomic E-state index is 0.0455. The number of nitrogens with one attached hydrogen (secondary N) is 1. The largest absolute Gasteiger partial charge is 0.497 e. The highest BCUT2D eigenvalue weighted by molar-refractivity contribution is 7.99. The summed E-state index contributed by atoms with van der Waals surface area (Å²) in [7, 11) is 1.59. The molecule has 0 radical (unpaired) electrons. The van der Waals surface area contributed by atoms with Gasteiger partial charge in [0.05, 0.1) is 7.11 Å². The number of benzene rings is 2. The third-order valence-corrected chi connectivity index (χ3v) is 5.42. The van der Waals surface area contributed by atoms with Crippen LogP contribution in [-0.2, 0) is 4.79 Å². The summed E-state index contributed by atoms with van der Waals surface area (Å²) in [5.74, 6) is 3.06. The Labute approximate surface area is 169 Å². The highest BCUT2D eigenvalue weighted by Crippen LogP contribution is 2.20. The molecule has 1 N–H and O–H groups in total. The standard InChI is InChI=1S/C21H24N2O4S/c1-15-13-16(21(25)23-9-11-28-12-10-23)3-8-19(15)22-20(24)14-27-18-6-4-17(26-2)5-7-18/h3-8,13H,9-12,14H2,1-2H3,(H,22,24). The van der Waals surface area contributed by atoms with E-state index in [0.29, 0.717) is 17.0 Å². The van der Waals surface area contributed by atoms with Gasteiger partial charge < -0.3 is 19.7 Å². The van der Waals surface area contributed by atoms with Crippen molar-refractivity contribution >= 4 is 29.3 Å². The van der Waals surface area contributed by atoms with E-state index >= 15 is 0 Å². The number of carbonyl (C=O) groups excluding carboxylic acids is 2. The van der Waals surface area contributed by atoms with Gasteiger partial charge >= 0.3 is 0 Å². The van der Waals surface area contributed by atoms with Crippen LogP contribution in [0.15, 0.2) is 42.5 Å². The Morgan fingerprint density at radius 2 is 1.75 bits per heavy atom. The average molecular weight is 401 g/mol. The Morgan fingerprint density at radius 1 is 1.07 bits per heavy atom. The summed E-state index contributed by atoms with van der Waals surface area (Å²) >= 11 is 1.87. The van der Waals surface area contributed by atoms with Crippen LogP contribution in [-0.4, -0.2) is 55.0 Å². The molecule has 1 saturated heterocycles. The molecule has 1 aliphatic heterocycles. The van der Waals surface area contributed by atoms with E-state index in [1.165, 1.54) is 0 Å². The molecule has 2 aromatic rings. The summed E-state index contributed by atoms with van der Waals surface area (Å²) in [6.45, 7) is 3.34. The summed E-state index contributed by atoms with van der Waals surface area (Å²) in [6, 6.07) is 12.4. The fourth-order valence-electron chi connectivity index (χ4n) is 2.89. The Bertz CT molecular complexity index is 833. The van der Waals surface area contributed by atoms with Gasteiger partial charge in [0.2, 0.25) is 0 Å². The number of ether oxygens (including phenoxy) is 2. The second-order valence-electron chi connectivity index (χ2n) is 6.45. The van der Waals surface area contributed by atoms with Gasteiger partial charge in [-0.25, -0.2) is 0 Å². The summed E-state index contributed by atoms with van der Waals surface area (Å²) in [4.78, 5) is 26.7. The molecule has 1 aliphatic rings. The number of thioether (sulfide) groups is 1. The molecular formula is C21H24N2O4S. The molecule has 1 heterocycles. The molecule has 0 spiro atoms. The van der Waals surface area contributed by atoms with Gasteiger partial charge in [0.15, 0.2) is 6.61 Å². The van der Waals surface area contributed by atoms with Gasteiger partial charge in [-0.1, -0.05) is 0 Å². The lowest BCUT2D eigenvalue weighted by molar-refractivity contribution is -0.118. The number of anilines is 1. The van der Waals surface area contributed by atoms with E-state index < -0.39 is 0 Å². The van der Waals surface area contributed by atoms with Crippen LogP contribution in [0.4, 0.5) is 5.69 Å². The highest BCUT2D eigenvalue weighted by Gasteiger charge is 2.19. The number of nitrogens with zero attached hydrogens (tertiary/aromatic N) is 1. The molecule has 0 aromatic heterocycles. The summed E-state index contributed by atoms with van der Waals surface area (Å²) in [5.41, 5.74) is 2.17. The van der Waals surface area contributed by atoms with Crippen molar-refractivity contribution in [3.05, 3.63) is 53.6 Å². The van der Waals surface area contributed by atoms with Crippen LogP contribution in [0.2, 0.25) is 0 Å². The van der Waals surface area contributed by atoms with E-state index in [-0.39, 0.29) is 18.4 Å². The molecule has 2 aromatic carbocycles. The van der Waals surface area contributed by atoms with Crippen molar-refractivity contribution in [2.24, 2.45) is 0 Å². The molecule has 2 amide bonds. The molecule has 28 heavy (non-hydrogen) atoms. The van der Waals surface area contributed by atoms with Crippen molar-refractivity contribution in [3.63, 3.8) is 0 Å². The van der Waals surface area contributed by atoms with Crippen molar-refractivity contribution in [3.8, 4) is 11.5 Å². The van der Waals surface area contributed by atoms with Crippen molar-refractivity contribution in [1.29, 1.82) is 0 Å². The van der Waals surface area contributed by atoms with Gasteiger partial charge in [-0.15, -0.1) is 0 Å². The number of hydrogen-bond acceptors (Lipinski definition) is 5. The van der Waals surface area contributed by atoms with Crippen LogP contribution >= 0.6 is 11.8 Å². The van der Waals surface area contributed by atoms with Crippen LogP contribution in [0.3, 0.4) is 0 Å². The molecule has 6 nitrogen and oxygen atoms in total. The Balaban J connectivity index is 1.56. The molecule has 7 heteroatoms. The second kappa shape index (κ2) is 9.50. The van der Waals surface area contributed by atoms with Gasteiger partial charge in [-0.2, -0.15) is 11.8 Å². The molecule has 1 fully saturated rings. The van der Waals surface area contributed by atoms with Crippen molar-refractivity contribution in [1.82, 2.24) is 4.90 Å². The van der Waals surface area contributed by atoms with Gasteiger partial charge in [0.25, 0.3) is 11.8 Å². The van der Waals surface area contributed by atoms with E-state index in [1.807, 2.05) is 29.7 Å². The lowest BCUT2D eigenvalue weighted by Crippen LogP contribution is -2.37. The lowest BCUT2D eigenvalue weighted by Gasteiger charge is -2.26. The third kappa shape index (κ3) is 5.19. The summed E-state index contributed by atoms with van der Waals surface area (Å²) in [6.07, 6.45) is 0. The van der Waals surface area contributed by atoms with Crippen LogP contribution in [0.5, 0.6) is 11.5 Å². The Hall–Kier alpha value is -2.67. The fraction of sp³-hybridized carbons (Fsp3) is 0.333. The first-order valence-corrected chi connectivity index (χ1v) is 10.3. The lowest BCUT2D eigenvalue weighted by atomic mass is 10.1. The molecule has 0 aliphatic carbocycles. The van der Waals surface area contributed by atoms with Gasteiger partial charge in [0.1, 0.15) is 11.5 Å². The number of carbonyl (C=O) groups is 2. The van der Waals surface area contributed by atoms with Crippen LogP contribution in [0, 0.1) is 6.92 Å². The average Bonchev–Trinajstić information content (AvgIpc) is 2.74. The summed E-state index contributed by atoms with van der Waals surface area (Å²) < 4.78 is 10.6. The predicted molar refractivity (Wildman–Crippen MR) is 112 cm³/mol. The normalized spacial score (nSPS) is 13.7. The van der Waals surface area contributed by atoms with Crippen LogP contribution < -0.4 is 14.8 Å². The smallest absolute Gasteiger partial charge is 0.262 e. The molecule has 148 valence electrons. The number of methoxy groups -OCH3 is 1. The molecule has 0 bridgehead atoms. The third-order valence-electron chi connectivity index (χ3n) is 4.48. The molecule has 0 unspecified atom stereocenters. The molecule has 0 atom stereocenters. The zero-order chi connectivity index (χ0) is 19.9. The first kappa shape index (κ1) is 20.1. The van der Waals surface area contributed by atoms with Crippen LogP contribution in [0.25, 0.3) is 0 Å². The Kier molecular flexibility index (Phi) is 6.81. The number of rotatable bonds is 6. The first-order chi connectivity index (χ1) is 13.6. The number of amides is 2. The van der Waals surface area contributed by atoms with Gasteiger partial charge in [-0.05, 0) is 55.0 Å². The maximum absolute atomic E-state index is 12.6. The SMILES string of the molecule is COc1ccc(OCC(=O)Nc2ccc(C(=O)N3CCSCC3)cc2C)cc1. The maximum atomic E-state index is 12.6. The first-order valence-electron chi connectivity index (χ1n) is 9.11. The van der Waals surface area contributed by atoms with E-state index in [0.717, 1.165) is 35.9 Å². The maximum Gasteiger partial charge on any atom is 0.262 e. The monoisotopic (exact) mass is 400 g/mol. The van der Waals surface area contributed by atoms with E-state index in [1.54, 1.807) is 43.5 Å². The van der Waals surface area contributed by atoms with Crippen molar-refractivity contribution < 1.29 is 19.1 Å². The minimum Gasteiger partial charge on any atom is -0.497 e. The number of aryl methyl sites for hydroxylation is 1. The topological polar surface area (TPSA) is 67.9 Å². The second-order valence-corrected chi connectivity index (χ2v) is 7.67. The van der Waals surface area contributed by atoms with Crippen molar-refractivity contribution in [2.45, 2.75) is 6.92 Å². The van der Waals surface area contributed by atoms with Gasteiger partial charge in [-0.3, -0.25) is 9.59 Å². The zero-order valence-corrected chi connectivity index (χ0v) is 16.9. The summed E-state index contributed by atoms with van der Waals surface area (Å²) in [5, 5.41) is 2.83. The highest BCUT2D eigenvalue weighted by atomic mass is 32.2. The molecule has 3 rings (SSSR count). The van der Waals surface area contributed by atoms with Gasteiger partial charge in [0, 0.05) is 35.8 Å². The quantitative estimate of drug-likeness (QED) is 0.807. The minimum atomic E-state index is -0.258. The van der Waals surface area contributed by atoms with Crippen LogP contribution in [0.1, 0.15) is 15.9 Å². The number of hydrogen-bond donors (Lipinski definition) is 1. The van der Waals surface area contributed by atoms with E-state index in [9.17, 15) is 9.59 Å². The molecular weight excluding hydrogens is 376 g/mol. The predicted octanol–water partition coefficient (Wildman–Crippen LogP) is 3.21. The van der Waals surface area contributed by atoms with Crippen molar-refractivity contribution in [2.75, 3.05) is 43.6 Å². The molecule has 0 saturated carbocycles. The Morgan fingerprint density at radius 3 is 2.39 bits per heavy atom. The van der Waals surface area contributed by atoms with E-state index in [4.69, 9.17) is 9.47 Å². The van der Waals surface area contributed by atoms with E-state index in [2.05, 4.69) is 5.32 Å².